The van der Waals surface area contributed by atoms with Crippen LogP contribution in [-0.4, -0.2) is 44.0 Å². The maximum Gasteiger partial charge on any atom is 0.573 e. The summed E-state index contributed by atoms with van der Waals surface area (Å²) in [4.78, 5) is 35.0. The highest BCUT2D eigenvalue weighted by molar-refractivity contribution is 8.15. The highest BCUT2D eigenvalue weighted by Gasteiger charge is 2.33. The summed E-state index contributed by atoms with van der Waals surface area (Å²) in [6, 6.07) is 13.9. The van der Waals surface area contributed by atoms with Crippen LogP contribution >= 0.6 is 11.8 Å². The second-order valence-electron chi connectivity index (χ2n) is 10.2. The molecule has 1 aromatic heterocycles. The van der Waals surface area contributed by atoms with Crippen LogP contribution < -0.4 is 19.7 Å². The van der Waals surface area contributed by atoms with E-state index in [1.54, 1.807) is 0 Å². The summed E-state index contributed by atoms with van der Waals surface area (Å²) in [5.41, 5.74) is 3.24. The summed E-state index contributed by atoms with van der Waals surface area (Å²) in [5, 5.41) is 6.73. The van der Waals surface area contributed by atoms with Crippen LogP contribution in [0.5, 0.6) is 11.8 Å². The number of rotatable bonds is 8. The van der Waals surface area contributed by atoms with Crippen LogP contribution in [-0.2, 0) is 11.4 Å². The fraction of sp³-hybridized carbons (Fsp3) is 0.233. The summed E-state index contributed by atoms with van der Waals surface area (Å²) >= 11 is 1.13. The van der Waals surface area contributed by atoms with Crippen molar-refractivity contribution in [3.8, 4) is 17.4 Å². The molecule has 10 nitrogen and oxygen atoms in total. The van der Waals surface area contributed by atoms with Gasteiger partial charge in [0, 0.05) is 0 Å². The van der Waals surface area contributed by atoms with E-state index in [1.165, 1.54) is 46.2 Å². The fourth-order valence-electron chi connectivity index (χ4n) is 4.38. The SMILES string of the molecule is Cc1ccc(C(C)C)c(N2C(=O)CSC2=NC(=O)Nc2ccc(COc3ncn(-c4ccc(OC(F)(F)F)cc4)n3)cc2F)c1. The van der Waals surface area contributed by atoms with Crippen LogP contribution in [0.25, 0.3) is 5.69 Å². The molecule has 0 saturated carbocycles. The number of ether oxygens (including phenoxy) is 2. The second-order valence-corrected chi connectivity index (χ2v) is 11.1. The summed E-state index contributed by atoms with van der Waals surface area (Å²) in [5.74, 6) is -1.08. The molecule has 2 heterocycles. The van der Waals surface area contributed by atoms with Crippen LogP contribution in [0, 0.1) is 12.7 Å². The minimum atomic E-state index is -4.80. The Balaban J connectivity index is 1.21. The largest absolute Gasteiger partial charge is 0.573 e. The predicted molar refractivity (Wildman–Crippen MR) is 160 cm³/mol. The highest BCUT2D eigenvalue weighted by atomic mass is 32.2. The minimum Gasteiger partial charge on any atom is -0.458 e. The van der Waals surface area contributed by atoms with Gasteiger partial charge in [0.2, 0.25) is 5.91 Å². The quantitative estimate of drug-likeness (QED) is 0.207. The van der Waals surface area contributed by atoms with E-state index < -0.39 is 18.2 Å². The maximum atomic E-state index is 14.9. The lowest BCUT2D eigenvalue weighted by atomic mass is 9.99. The first-order valence-corrected chi connectivity index (χ1v) is 14.5. The number of aryl methyl sites for hydroxylation is 1. The van der Waals surface area contributed by atoms with Gasteiger partial charge in [-0.3, -0.25) is 9.69 Å². The molecular weight excluding hydrogens is 616 g/mol. The van der Waals surface area contributed by atoms with Gasteiger partial charge < -0.3 is 14.8 Å². The Morgan fingerprint density at radius 1 is 1.11 bits per heavy atom. The number of amides is 3. The number of thioether (sulfide) groups is 1. The van der Waals surface area contributed by atoms with Crippen molar-refractivity contribution in [1.82, 2.24) is 14.8 Å². The first kappa shape index (κ1) is 31.5. The molecular formula is C30H26F4N6O4S. The van der Waals surface area contributed by atoms with E-state index in [4.69, 9.17) is 4.74 Å². The Kier molecular flexibility index (Phi) is 9.09. The molecule has 1 aliphatic heterocycles. The number of nitrogens with zero attached hydrogens (tertiary/aromatic N) is 5. The average molecular weight is 643 g/mol. The van der Waals surface area contributed by atoms with Gasteiger partial charge in [0.05, 0.1) is 22.8 Å². The molecule has 45 heavy (non-hydrogen) atoms. The number of hydrogen-bond donors (Lipinski definition) is 1. The van der Waals surface area contributed by atoms with E-state index in [0.29, 0.717) is 16.9 Å². The first-order chi connectivity index (χ1) is 21.4. The summed E-state index contributed by atoms with van der Waals surface area (Å²) in [6.45, 7) is 5.82. The first-order valence-electron chi connectivity index (χ1n) is 13.5. The standard InChI is InChI=1S/C30H26F4N6O4S/c1-17(2)22-10-4-18(3)12-25(22)40-26(41)15-45-29(40)37-27(42)36-24-11-5-19(13-23(24)31)14-43-28-35-16-39(38-28)20-6-8-21(9-7-20)44-30(32,33)34/h4-13,16-17H,14-15H2,1-3H3,(H,36,42). The van der Waals surface area contributed by atoms with Crippen molar-refractivity contribution < 1.29 is 36.6 Å². The number of alkyl halides is 3. The Bertz CT molecular complexity index is 1760. The van der Waals surface area contributed by atoms with Gasteiger partial charge in [-0.1, -0.05) is 43.8 Å². The van der Waals surface area contributed by atoms with E-state index in [0.717, 1.165) is 35.0 Å². The Morgan fingerprint density at radius 3 is 2.56 bits per heavy atom. The van der Waals surface area contributed by atoms with E-state index in [1.807, 2.05) is 39.0 Å². The van der Waals surface area contributed by atoms with Crippen LogP contribution in [0.15, 0.2) is 72.0 Å². The molecule has 1 fully saturated rings. The normalized spacial score (nSPS) is 14.4. The van der Waals surface area contributed by atoms with Crippen molar-refractivity contribution in [3.63, 3.8) is 0 Å². The van der Waals surface area contributed by atoms with Crippen LogP contribution in [0.2, 0.25) is 0 Å². The molecule has 3 aromatic carbocycles. The molecule has 0 atom stereocenters. The molecule has 15 heteroatoms. The fourth-order valence-corrected chi connectivity index (χ4v) is 5.24. The lowest BCUT2D eigenvalue weighted by Gasteiger charge is -2.22. The van der Waals surface area contributed by atoms with Gasteiger partial charge in [-0.25, -0.2) is 13.9 Å². The second kappa shape index (κ2) is 13.0. The number of aliphatic imine (C=N–C) groups is 1. The molecule has 3 amide bonds. The third-order valence-electron chi connectivity index (χ3n) is 6.46. The monoisotopic (exact) mass is 642 g/mol. The van der Waals surface area contributed by atoms with Crippen molar-refractivity contribution >= 4 is 40.2 Å². The highest BCUT2D eigenvalue weighted by Crippen LogP contribution is 2.34. The smallest absolute Gasteiger partial charge is 0.458 e. The Labute approximate surface area is 259 Å². The molecule has 0 radical (unpaired) electrons. The zero-order valence-corrected chi connectivity index (χ0v) is 24.9. The molecule has 0 spiro atoms. The predicted octanol–water partition coefficient (Wildman–Crippen LogP) is 6.98. The number of anilines is 2. The number of carbonyl (C=O) groups is 2. The summed E-state index contributed by atoms with van der Waals surface area (Å²) < 4.78 is 62.6. The zero-order chi connectivity index (χ0) is 32.3. The van der Waals surface area contributed by atoms with Gasteiger partial charge in [-0.15, -0.1) is 18.3 Å². The van der Waals surface area contributed by atoms with Gasteiger partial charge in [0.25, 0.3) is 0 Å². The molecule has 4 aromatic rings. The van der Waals surface area contributed by atoms with Crippen LogP contribution in [0.1, 0.15) is 36.5 Å². The molecule has 5 rings (SSSR count). The lowest BCUT2D eigenvalue weighted by molar-refractivity contribution is -0.274. The topological polar surface area (TPSA) is 111 Å². The Morgan fingerprint density at radius 2 is 1.87 bits per heavy atom. The number of urea groups is 1. The molecule has 1 aliphatic rings. The van der Waals surface area contributed by atoms with Gasteiger partial charge in [0.1, 0.15) is 24.5 Å². The molecule has 1 N–H and O–H groups in total. The van der Waals surface area contributed by atoms with E-state index in [-0.39, 0.29) is 46.8 Å². The van der Waals surface area contributed by atoms with Gasteiger partial charge in [0.15, 0.2) is 5.17 Å². The number of carbonyl (C=O) groups excluding carboxylic acids is 2. The molecule has 0 aliphatic carbocycles. The maximum absolute atomic E-state index is 14.9. The Hall–Kier alpha value is -4.92. The number of amidine groups is 1. The third kappa shape index (κ3) is 7.78. The number of nitrogens with one attached hydrogen (secondary N) is 1. The van der Waals surface area contributed by atoms with E-state index in [9.17, 15) is 27.2 Å². The van der Waals surface area contributed by atoms with Crippen molar-refractivity contribution in [2.45, 2.75) is 39.7 Å². The molecule has 0 unspecified atom stereocenters. The van der Waals surface area contributed by atoms with Crippen LogP contribution in [0.4, 0.5) is 33.7 Å². The van der Waals surface area contributed by atoms with Gasteiger partial charge in [-0.05, 0) is 72.0 Å². The number of aromatic nitrogens is 3. The van der Waals surface area contributed by atoms with Gasteiger partial charge in [-0.2, -0.15) is 9.98 Å². The third-order valence-corrected chi connectivity index (χ3v) is 7.38. The summed E-state index contributed by atoms with van der Waals surface area (Å²) in [6.07, 6.45) is -3.50. The van der Waals surface area contributed by atoms with Crippen molar-refractivity contribution in [2.75, 3.05) is 16.0 Å². The number of halogens is 4. The zero-order valence-electron chi connectivity index (χ0n) is 24.1. The number of hydrogen-bond acceptors (Lipinski definition) is 7. The van der Waals surface area contributed by atoms with E-state index in [2.05, 4.69) is 25.1 Å². The molecule has 0 bridgehead atoms. The number of benzene rings is 3. The van der Waals surface area contributed by atoms with Crippen LogP contribution in [0.3, 0.4) is 0 Å². The van der Waals surface area contributed by atoms with Gasteiger partial charge >= 0.3 is 18.4 Å². The minimum absolute atomic E-state index is 0.0540. The molecule has 1 saturated heterocycles. The van der Waals surface area contributed by atoms with Crippen molar-refractivity contribution in [1.29, 1.82) is 0 Å². The average Bonchev–Trinajstić information content (AvgIpc) is 3.59. The molecule has 234 valence electrons. The van der Waals surface area contributed by atoms with Crippen molar-refractivity contribution in [3.05, 3.63) is 89.5 Å². The van der Waals surface area contributed by atoms with Crippen molar-refractivity contribution in [2.24, 2.45) is 4.99 Å². The lowest BCUT2D eigenvalue weighted by Crippen LogP contribution is -2.31. The van der Waals surface area contributed by atoms with E-state index >= 15 is 0 Å². The summed E-state index contributed by atoms with van der Waals surface area (Å²) in [7, 11) is 0.